The van der Waals surface area contributed by atoms with Crippen LogP contribution in [-0.2, 0) is 28.6 Å². The molecule has 0 aliphatic rings. The van der Waals surface area contributed by atoms with Gasteiger partial charge in [0.2, 0.25) is 0 Å². The number of rotatable bonds is 52. The smallest absolute Gasteiger partial charge is 0.306 e. The van der Waals surface area contributed by atoms with Crippen molar-refractivity contribution in [1.29, 1.82) is 0 Å². The highest BCUT2D eigenvalue weighted by Crippen LogP contribution is 2.16. The number of likely N-dealkylation sites (N-methyl/N-ethyl adjacent to an activating group) is 1. The van der Waals surface area contributed by atoms with E-state index < -0.39 is 18.1 Å². The second-order valence-corrected chi connectivity index (χ2v) is 20.5. The summed E-state index contributed by atoms with van der Waals surface area (Å²) >= 11 is 0. The van der Waals surface area contributed by atoms with Crippen molar-refractivity contribution >= 4 is 17.9 Å². The number of esters is 2. The van der Waals surface area contributed by atoms with E-state index in [4.69, 9.17) is 14.2 Å². The number of hydrogen-bond donors (Lipinski definition) is 0. The van der Waals surface area contributed by atoms with E-state index in [1.54, 1.807) is 0 Å². The quantitative estimate of drug-likeness (QED) is 0.0259. The van der Waals surface area contributed by atoms with Crippen LogP contribution in [-0.4, -0.2) is 75.5 Å². The summed E-state index contributed by atoms with van der Waals surface area (Å²) < 4.78 is 17.3. The highest BCUT2D eigenvalue weighted by molar-refractivity contribution is 5.70. The zero-order chi connectivity index (χ0) is 49.9. The topological polar surface area (TPSA) is 102 Å². The molecule has 68 heavy (non-hydrogen) atoms. The SMILES string of the molecule is CC/C=C/C/C=C/CCCCCCCCCCCCCCCCC(=O)OC(COCCC(C(=O)[O-])[N+](C)(C)C)COC(=O)CCCCCCCCC/C=C/C/C=C/CCCCCCCCCCC. The summed E-state index contributed by atoms with van der Waals surface area (Å²) in [5.41, 5.74) is 0. The van der Waals surface area contributed by atoms with Gasteiger partial charge in [-0.15, -0.1) is 0 Å². The lowest BCUT2D eigenvalue weighted by Gasteiger charge is -2.34. The molecule has 8 nitrogen and oxygen atoms in total. The molecule has 0 aromatic carbocycles. The average Bonchev–Trinajstić information content (AvgIpc) is 3.30. The molecule has 0 aromatic rings. The molecule has 0 spiro atoms. The Labute approximate surface area is 420 Å². The number of nitrogens with zero attached hydrogens (tertiary/aromatic N) is 1. The summed E-state index contributed by atoms with van der Waals surface area (Å²) in [5.74, 6) is -1.73. The number of hydrogen-bond acceptors (Lipinski definition) is 7. The van der Waals surface area contributed by atoms with E-state index in [9.17, 15) is 19.5 Å². The molecule has 0 amide bonds. The second kappa shape index (κ2) is 50.7. The lowest BCUT2D eigenvalue weighted by Crippen LogP contribution is -2.55. The molecule has 0 bridgehead atoms. The van der Waals surface area contributed by atoms with E-state index in [-0.39, 0.29) is 42.7 Å². The number of quaternary nitrogens is 1. The van der Waals surface area contributed by atoms with Crippen LogP contribution in [0.1, 0.15) is 264 Å². The molecule has 0 aliphatic carbocycles. The monoisotopic (exact) mass is 956 g/mol. The number of carboxylic acids is 1. The van der Waals surface area contributed by atoms with Crippen LogP contribution in [0.2, 0.25) is 0 Å². The van der Waals surface area contributed by atoms with Crippen molar-refractivity contribution in [2.45, 2.75) is 276 Å². The van der Waals surface area contributed by atoms with Crippen molar-refractivity contribution in [2.75, 3.05) is 41.0 Å². The zero-order valence-electron chi connectivity index (χ0n) is 45.3. The summed E-state index contributed by atoms with van der Waals surface area (Å²) in [4.78, 5) is 37.2. The number of carbonyl (C=O) groups excluding carboxylic acids is 3. The lowest BCUT2D eigenvalue weighted by atomic mass is 10.0. The summed E-state index contributed by atoms with van der Waals surface area (Å²) in [6.07, 6.45) is 63.0. The fourth-order valence-corrected chi connectivity index (χ4v) is 8.55. The normalized spacial score (nSPS) is 13.1. The number of ether oxygens (including phenoxy) is 3. The summed E-state index contributed by atoms with van der Waals surface area (Å²) in [7, 11) is 5.42. The minimum absolute atomic E-state index is 0.0393. The molecule has 0 N–H and O–H groups in total. The number of aliphatic carboxylic acids is 1. The van der Waals surface area contributed by atoms with Crippen molar-refractivity contribution in [3.63, 3.8) is 0 Å². The van der Waals surface area contributed by atoms with E-state index in [0.29, 0.717) is 12.8 Å². The first-order valence-corrected chi connectivity index (χ1v) is 28.7. The third-order valence-corrected chi connectivity index (χ3v) is 12.9. The second-order valence-electron chi connectivity index (χ2n) is 20.5. The molecule has 0 radical (unpaired) electrons. The number of unbranched alkanes of at least 4 members (excludes halogenated alkanes) is 30. The fourth-order valence-electron chi connectivity index (χ4n) is 8.55. The predicted molar refractivity (Wildman–Crippen MR) is 286 cm³/mol. The van der Waals surface area contributed by atoms with E-state index in [1.165, 1.54) is 167 Å². The highest BCUT2D eigenvalue weighted by atomic mass is 16.6. The van der Waals surface area contributed by atoms with Gasteiger partial charge < -0.3 is 28.6 Å². The van der Waals surface area contributed by atoms with E-state index in [1.807, 2.05) is 21.1 Å². The molecule has 0 saturated carbocycles. The van der Waals surface area contributed by atoms with Gasteiger partial charge in [-0.3, -0.25) is 9.59 Å². The number of carbonyl (C=O) groups is 3. The standard InChI is InChI=1S/C60H109NO7/c1-6-8-10-12-14-16-18-20-22-24-26-28-29-31-32-34-36-38-40-42-44-46-48-50-58(62)67-55-56(54-66-53-52-57(60(64)65)61(3,4)5)68-59(63)51-49-47-45-43-41-39-37-35-33-30-27-25-23-21-19-17-15-13-11-9-7-2/h9,11,15,17,26,28,31-32,56-57H,6-8,10,12-14,16,18-25,27,29-30,33-55H2,1-5H3/b11-9+,17-15+,28-26+,32-31+. The van der Waals surface area contributed by atoms with E-state index in [2.05, 4.69) is 62.5 Å². The third-order valence-electron chi connectivity index (χ3n) is 12.9. The number of allylic oxidation sites excluding steroid dienone is 8. The van der Waals surface area contributed by atoms with Crippen LogP contribution in [0.15, 0.2) is 48.6 Å². The fraction of sp³-hybridized carbons (Fsp3) is 0.817. The minimum atomic E-state index is -1.12. The number of carboxylic acid groups (broad SMARTS) is 1. The third kappa shape index (κ3) is 48.3. The molecule has 0 aliphatic heterocycles. The van der Waals surface area contributed by atoms with Crippen molar-refractivity contribution in [3.8, 4) is 0 Å². The maximum Gasteiger partial charge on any atom is 0.306 e. The van der Waals surface area contributed by atoms with Gasteiger partial charge in [0, 0.05) is 19.3 Å². The molecule has 0 aromatic heterocycles. The highest BCUT2D eigenvalue weighted by Gasteiger charge is 2.25. The first kappa shape index (κ1) is 65.3. The summed E-state index contributed by atoms with van der Waals surface area (Å²) in [6.45, 7) is 4.59. The Morgan fingerprint density at radius 2 is 0.824 bits per heavy atom. The summed E-state index contributed by atoms with van der Waals surface area (Å²) in [6, 6.07) is -0.728. The Hall–Kier alpha value is -2.71. The van der Waals surface area contributed by atoms with E-state index in [0.717, 1.165) is 64.2 Å². The first-order valence-electron chi connectivity index (χ1n) is 28.7. The van der Waals surface area contributed by atoms with Crippen LogP contribution in [0.3, 0.4) is 0 Å². The molecule has 2 unspecified atom stereocenters. The first-order chi connectivity index (χ1) is 33.1. The molecule has 0 rings (SSSR count). The Morgan fingerprint density at radius 3 is 1.21 bits per heavy atom. The molecule has 0 saturated heterocycles. The van der Waals surface area contributed by atoms with Gasteiger partial charge in [-0.05, 0) is 70.6 Å². The van der Waals surface area contributed by atoms with Crippen LogP contribution in [0, 0.1) is 0 Å². The zero-order valence-corrected chi connectivity index (χ0v) is 45.3. The molecule has 0 heterocycles. The molecule has 2 atom stereocenters. The van der Waals surface area contributed by atoms with Gasteiger partial charge >= 0.3 is 11.9 Å². The maximum absolute atomic E-state index is 12.8. The van der Waals surface area contributed by atoms with Crippen LogP contribution in [0.25, 0.3) is 0 Å². The van der Waals surface area contributed by atoms with Crippen LogP contribution in [0.5, 0.6) is 0 Å². The summed E-state index contributed by atoms with van der Waals surface area (Å²) in [5, 5.41) is 11.7. The maximum atomic E-state index is 12.8. The molecule has 8 heteroatoms. The van der Waals surface area contributed by atoms with Gasteiger partial charge in [0.1, 0.15) is 12.6 Å². The largest absolute Gasteiger partial charge is 0.544 e. The van der Waals surface area contributed by atoms with Gasteiger partial charge in [0.25, 0.3) is 0 Å². The van der Waals surface area contributed by atoms with Crippen LogP contribution in [0.4, 0.5) is 0 Å². The Morgan fingerprint density at radius 1 is 0.456 bits per heavy atom. The Balaban J connectivity index is 4.17. The molecular formula is C60H109NO7. The van der Waals surface area contributed by atoms with Crippen molar-refractivity contribution < 1.29 is 38.2 Å². The Bertz CT molecular complexity index is 1250. The molecular weight excluding hydrogens is 847 g/mol. The average molecular weight is 957 g/mol. The van der Waals surface area contributed by atoms with Gasteiger partial charge in [-0.25, -0.2) is 0 Å². The van der Waals surface area contributed by atoms with Gasteiger partial charge in [-0.1, -0.05) is 223 Å². The van der Waals surface area contributed by atoms with Crippen molar-refractivity contribution in [2.24, 2.45) is 0 Å². The van der Waals surface area contributed by atoms with Crippen LogP contribution >= 0.6 is 0 Å². The van der Waals surface area contributed by atoms with Gasteiger partial charge in [0.15, 0.2) is 6.10 Å². The predicted octanol–water partition coefficient (Wildman–Crippen LogP) is 15.8. The van der Waals surface area contributed by atoms with E-state index >= 15 is 0 Å². The molecule has 0 fully saturated rings. The minimum Gasteiger partial charge on any atom is -0.544 e. The van der Waals surface area contributed by atoms with Crippen LogP contribution < -0.4 is 5.11 Å². The van der Waals surface area contributed by atoms with Gasteiger partial charge in [0.05, 0.1) is 40.3 Å². The Kier molecular flexibility index (Phi) is 48.7. The van der Waals surface area contributed by atoms with Crippen molar-refractivity contribution in [3.05, 3.63) is 48.6 Å². The van der Waals surface area contributed by atoms with Crippen molar-refractivity contribution in [1.82, 2.24) is 0 Å². The van der Waals surface area contributed by atoms with Gasteiger partial charge in [-0.2, -0.15) is 0 Å². The lowest BCUT2D eigenvalue weighted by molar-refractivity contribution is -0.889. The molecule has 396 valence electrons.